The third kappa shape index (κ3) is 3.68. The molecule has 0 saturated carbocycles. The molecule has 98 valence electrons. The molecule has 2 rings (SSSR count). The van der Waals surface area contributed by atoms with Crippen LogP contribution in [0.15, 0.2) is 0 Å². The predicted molar refractivity (Wildman–Crippen MR) is 66.6 cm³/mol. The Morgan fingerprint density at radius 1 is 1.24 bits per heavy atom. The molecule has 17 heavy (non-hydrogen) atoms. The van der Waals surface area contributed by atoms with Crippen LogP contribution in [0.2, 0.25) is 0 Å². The van der Waals surface area contributed by atoms with E-state index < -0.39 is 0 Å². The van der Waals surface area contributed by atoms with Gasteiger partial charge in [-0.25, -0.2) is 0 Å². The third-order valence-electron chi connectivity index (χ3n) is 4.09. The van der Waals surface area contributed by atoms with Crippen molar-refractivity contribution in [3.8, 4) is 0 Å². The highest BCUT2D eigenvalue weighted by molar-refractivity contribution is 5.76. The molecule has 0 aliphatic carbocycles. The molecule has 2 N–H and O–H groups in total. The fraction of sp³-hybridized carbons (Fsp3) is 0.923. The highest BCUT2D eigenvalue weighted by atomic mass is 16.3. The molecule has 0 aromatic heterocycles. The maximum atomic E-state index is 12.1. The Hall–Kier alpha value is -0.610. The first-order valence-electron chi connectivity index (χ1n) is 6.89. The zero-order valence-electron chi connectivity index (χ0n) is 10.5. The number of aliphatic hydroxyl groups excluding tert-OH is 1. The van der Waals surface area contributed by atoms with Gasteiger partial charge in [0.15, 0.2) is 0 Å². The molecule has 2 aliphatic rings. The molecule has 0 spiro atoms. The van der Waals surface area contributed by atoms with Crippen LogP contribution >= 0.6 is 0 Å². The van der Waals surface area contributed by atoms with E-state index in [2.05, 4.69) is 5.32 Å². The van der Waals surface area contributed by atoms with Crippen molar-refractivity contribution in [1.29, 1.82) is 0 Å². The average Bonchev–Trinajstić information content (AvgIpc) is 2.40. The number of carbonyl (C=O) groups is 1. The van der Waals surface area contributed by atoms with Gasteiger partial charge in [-0.3, -0.25) is 4.79 Å². The van der Waals surface area contributed by atoms with Crippen LogP contribution in [0.4, 0.5) is 0 Å². The zero-order chi connectivity index (χ0) is 12.1. The average molecular weight is 240 g/mol. The molecule has 1 unspecified atom stereocenters. The van der Waals surface area contributed by atoms with E-state index >= 15 is 0 Å². The second-order valence-electron chi connectivity index (χ2n) is 5.42. The van der Waals surface area contributed by atoms with Gasteiger partial charge in [-0.2, -0.15) is 0 Å². The van der Waals surface area contributed by atoms with Crippen molar-refractivity contribution < 1.29 is 9.90 Å². The Bertz CT molecular complexity index is 244. The van der Waals surface area contributed by atoms with Gasteiger partial charge in [-0.15, -0.1) is 0 Å². The Kier molecular flexibility index (Phi) is 4.80. The summed E-state index contributed by atoms with van der Waals surface area (Å²) in [5.74, 6) is 1.26. The number of likely N-dealkylation sites (tertiary alicyclic amines) is 1. The molecule has 4 heteroatoms. The number of carbonyl (C=O) groups excluding carboxylic acids is 1. The topological polar surface area (TPSA) is 52.6 Å². The van der Waals surface area contributed by atoms with Crippen molar-refractivity contribution in [3.05, 3.63) is 0 Å². The lowest BCUT2D eigenvalue weighted by molar-refractivity contribution is -0.133. The number of rotatable bonds is 3. The fourth-order valence-electron chi connectivity index (χ4n) is 2.84. The van der Waals surface area contributed by atoms with Gasteiger partial charge in [0, 0.05) is 26.1 Å². The van der Waals surface area contributed by atoms with Crippen LogP contribution in [-0.2, 0) is 4.79 Å². The van der Waals surface area contributed by atoms with Crippen LogP contribution < -0.4 is 5.32 Å². The van der Waals surface area contributed by atoms with E-state index in [1.807, 2.05) is 4.90 Å². The van der Waals surface area contributed by atoms with Gasteiger partial charge in [0.05, 0.1) is 0 Å². The predicted octanol–water partition coefficient (Wildman–Crippen LogP) is 0.607. The van der Waals surface area contributed by atoms with Crippen LogP contribution in [0.5, 0.6) is 0 Å². The van der Waals surface area contributed by atoms with Crippen molar-refractivity contribution in [2.24, 2.45) is 11.8 Å². The Balaban J connectivity index is 1.72. The number of amides is 1. The number of aliphatic hydroxyl groups is 1. The highest BCUT2D eigenvalue weighted by Gasteiger charge is 2.24. The first-order chi connectivity index (χ1) is 8.29. The quantitative estimate of drug-likeness (QED) is 0.760. The minimum Gasteiger partial charge on any atom is -0.396 e. The molecule has 4 nitrogen and oxygen atoms in total. The van der Waals surface area contributed by atoms with E-state index in [4.69, 9.17) is 5.11 Å². The second-order valence-corrected chi connectivity index (χ2v) is 5.42. The van der Waals surface area contributed by atoms with Crippen LogP contribution in [0.1, 0.15) is 32.1 Å². The molecule has 2 aliphatic heterocycles. The maximum absolute atomic E-state index is 12.1. The molecule has 2 heterocycles. The number of hydrogen-bond donors (Lipinski definition) is 2. The summed E-state index contributed by atoms with van der Waals surface area (Å²) in [6, 6.07) is 0. The van der Waals surface area contributed by atoms with Crippen LogP contribution in [0.3, 0.4) is 0 Å². The van der Waals surface area contributed by atoms with Gasteiger partial charge in [0.1, 0.15) is 0 Å². The summed E-state index contributed by atoms with van der Waals surface area (Å²) >= 11 is 0. The van der Waals surface area contributed by atoms with Crippen molar-refractivity contribution in [2.75, 3.05) is 32.8 Å². The monoisotopic (exact) mass is 240 g/mol. The van der Waals surface area contributed by atoms with Gasteiger partial charge in [0.2, 0.25) is 5.91 Å². The van der Waals surface area contributed by atoms with Gasteiger partial charge in [0.25, 0.3) is 0 Å². The normalized spacial score (nSPS) is 27.1. The van der Waals surface area contributed by atoms with E-state index in [1.54, 1.807) is 0 Å². The SMILES string of the molecule is O=C(CC1CCCNC1)N1CCC(CO)CC1. The highest BCUT2D eigenvalue weighted by Crippen LogP contribution is 2.20. The lowest BCUT2D eigenvalue weighted by atomic mass is 9.94. The van der Waals surface area contributed by atoms with Crippen LogP contribution in [-0.4, -0.2) is 48.7 Å². The maximum Gasteiger partial charge on any atom is 0.222 e. The first-order valence-corrected chi connectivity index (χ1v) is 6.89. The number of hydrogen-bond acceptors (Lipinski definition) is 3. The lowest BCUT2D eigenvalue weighted by Crippen LogP contribution is -2.41. The molecule has 0 bridgehead atoms. The van der Waals surface area contributed by atoms with Crippen LogP contribution in [0, 0.1) is 11.8 Å². The summed E-state index contributed by atoms with van der Waals surface area (Å²) < 4.78 is 0. The molecule has 0 radical (unpaired) electrons. The molecule has 0 aromatic carbocycles. The summed E-state index contributed by atoms with van der Waals surface area (Å²) in [5, 5.41) is 12.4. The number of nitrogens with zero attached hydrogens (tertiary/aromatic N) is 1. The van der Waals surface area contributed by atoms with Gasteiger partial charge in [-0.05, 0) is 50.6 Å². The van der Waals surface area contributed by atoms with Crippen molar-refractivity contribution >= 4 is 5.91 Å². The number of piperidine rings is 2. The Morgan fingerprint density at radius 3 is 2.59 bits per heavy atom. The molecular weight excluding hydrogens is 216 g/mol. The van der Waals surface area contributed by atoms with E-state index in [-0.39, 0.29) is 6.61 Å². The zero-order valence-corrected chi connectivity index (χ0v) is 10.5. The second kappa shape index (κ2) is 6.36. The largest absolute Gasteiger partial charge is 0.396 e. The summed E-state index contributed by atoms with van der Waals surface area (Å²) in [6.45, 7) is 4.05. The van der Waals surface area contributed by atoms with E-state index in [0.717, 1.165) is 39.0 Å². The summed E-state index contributed by atoms with van der Waals surface area (Å²) in [6.07, 6.45) is 5.02. The van der Waals surface area contributed by atoms with Gasteiger partial charge in [-0.1, -0.05) is 0 Å². The molecular formula is C13H24N2O2. The Morgan fingerprint density at radius 2 is 2.00 bits per heavy atom. The van der Waals surface area contributed by atoms with E-state index in [0.29, 0.717) is 24.2 Å². The lowest BCUT2D eigenvalue weighted by Gasteiger charge is -2.32. The Labute approximate surface area is 103 Å². The molecule has 2 fully saturated rings. The van der Waals surface area contributed by atoms with Crippen molar-refractivity contribution in [2.45, 2.75) is 32.1 Å². The van der Waals surface area contributed by atoms with E-state index in [1.165, 1.54) is 12.8 Å². The molecule has 2 saturated heterocycles. The molecule has 0 aromatic rings. The van der Waals surface area contributed by atoms with Crippen LogP contribution in [0.25, 0.3) is 0 Å². The fourth-order valence-corrected chi connectivity index (χ4v) is 2.84. The van der Waals surface area contributed by atoms with Crippen molar-refractivity contribution in [1.82, 2.24) is 10.2 Å². The summed E-state index contributed by atoms with van der Waals surface area (Å²) in [7, 11) is 0. The molecule has 1 amide bonds. The van der Waals surface area contributed by atoms with Gasteiger partial charge >= 0.3 is 0 Å². The van der Waals surface area contributed by atoms with Crippen molar-refractivity contribution in [3.63, 3.8) is 0 Å². The summed E-state index contributed by atoms with van der Waals surface area (Å²) in [5.41, 5.74) is 0. The first kappa shape index (κ1) is 12.8. The van der Waals surface area contributed by atoms with Gasteiger partial charge < -0.3 is 15.3 Å². The number of nitrogens with one attached hydrogen (secondary N) is 1. The minimum absolute atomic E-state index is 0.272. The molecule has 1 atom stereocenters. The van der Waals surface area contributed by atoms with E-state index in [9.17, 15) is 4.79 Å². The summed E-state index contributed by atoms with van der Waals surface area (Å²) in [4.78, 5) is 14.1. The minimum atomic E-state index is 0.272. The third-order valence-corrected chi connectivity index (χ3v) is 4.09. The smallest absolute Gasteiger partial charge is 0.222 e. The standard InChI is InChI=1S/C13H24N2O2/c16-10-11-3-6-15(7-4-11)13(17)8-12-2-1-5-14-9-12/h11-12,14,16H,1-10H2.